The molecule has 1 amide bonds. The standard InChI is InChI=1S/C17H24N4O2/c1-13(2)23-12-7-16(22)20-8-10-21(11-9-20)17-18-14-5-3-4-6-15(14)19-17/h3-6,13H,7-12H2,1-2H3,(H,18,19). The molecular weight excluding hydrogens is 292 g/mol. The molecule has 1 N–H and O–H groups in total. The molecule has 1 aromatic carbocycles. The average molecular weight is 316 g/mol. The molecule has 6 heteroatoms. The zero-order valence-corrected chi connectivity index (χ0v) is 13.8. The molecule has 0 atom stereocenters. The molecule has 1 fully saturated rings. The van der Waals surface area contributed by atoms with Gasteiger partial charge in [-0.25, -0.2) is 4.98 Å². The number of aromatic nitrogens is 2. The van der Waals surface area contributed by atoms with Gasteiger partial charge in [-0.1, -0.05) is 12.1 Å². The molecule has 1 aliphatic rings. The number of hydrogen-bond donors (Lipinski definition) is 1. The summed E-state index contributed by atoms with van der Waals surface area (Å²) in [7, 11) is 0. The van der Waals surface area contributed by atoms with Crippen molar-refractivity contribution in [3.8, 4) is 0 Å². The van der Waals surface area contributed by atoms with Gasteiger partial charge in [0.05, 0.1) is 30.2 Å². The Morgan fingerprint density at radius 3 is 2.70 bits per heavy atom. The van der Waals surface area contributed by atoms with E-state index >= 15 is 0 Å². The van der Waals surface area contributed by atoms with Gasteiger partial charge in [0, 0.05) is 26.2 Å². The Morgan fingerprint density at radius 2 is 2.00 bits per heavy atom. The van der Waals surface area contributed by atoms with Gasteiger partial charge in [0.2, 0.25) is 11.9 Å². The van der Waals surface area contributed by atoms with Gasteiger partial charge in [0.15, 0.2) is 0 Å². The maximum absolute atomic E-state index is 12.2. The second-order valence-electron chi connectivity index (χ2n) is 6.11. The summed E-state index contributed by atoms with van der Waals surface area (Å²) in [5, 5.41) is 0. The summed E-state index contributed by atoms with van der Waals surface area (Å²) >= 11 is 0. The lowest BCUT2D eigenvalue weighted by atomic mass is 10.3. The minimum Gasteiger partial charge on any atom is -0.378 e. The summed E-state index contributed by atoms with van der Waals surface area (Å²) in [6, 6.07) is 8.02. The number of H-pyrrole nitrogens is 1. The predicted octanol–water partition coefficient (Wildman–Crippen LogP) is 2.03. The first-order valence-electron chi connectivity index (χ1n) is 8.22. The molecule has 6 nitrogen and oxygen atoms in total. The van der Waals surface area contributed by atoms with Gasteiger partial charge in [-0.3, -0.25) is 4.79 Å². The van der Waals surface area contributed by atoms with Gasteiger partial charge >= 0.3 is 0 Å². The van der Waals surface area contributed by atoms with E-state index in [2.05, 4.69) is 14.9 Å². The second kappa shape index (κ2) is 7.00. The normalized spacial score (nSPS) is 15.6. The largest absolute Gasteiger partial charge is 0.378 e. The van der Waals surface area contributed by atoms with Gasteiger partial charge in [0.25, 0.3) is 0 Å². The van der Waals surface area contributed by atoms with E-state index in [1.807, 2.05) is 43.0 Å². The van der Waals surface area contributed by atoms with Crippen LogP contribution < -0.4 is 4.90 Å². The van der Waals surface area contributed by atoms with Crippen LogP contribution in [0.1, 0.15) is 20.3 Å². The number of carbonyl (C=O) groups excluding carboxylic acids is 1. The quantitative estimate of drug-likeness (QED) is 0.917. The Labute approximate surface area is 136 Å². The first-order valence-corrected chi connectivity index (χ1v) is 8.22. The Morgan fingerprint density at radius 1 is 1.26 bits per heavy atom. The number of anilines is 1. The fourth-order valence-corrected chi connectivity index (χ4v) is 2.80. The van der Waals surface area contributed by atoms with Crippen molar-refractivity contribution in [3.63, 3.8) is 0 Å². The van der Waals surface area contributed by atoms with Gasteiger partial charge in [0.1, 0.15) is 0 Å². The zero-order valence-electron chi connectivity index (χ0n) is 13.8. The lowest BCUT2D eigenvalue weighted by Crippen LogP contribution is -2.49. The van der Waals surface area contributed by atoms with E-state index in [-0.39, 0.29) is 12.0 Å². The highest BCUT2D eigenvalue weighted by Gasteiger charge is 2.22. The Bertz CT molecular complexity index is 626. The third kappa shape index (κ3) is 3.82. The second-order valence-corrected chi connectivity index (χ2v) is 6.11. The predicted molar refractivity (Wildman–Crippen MR) is 90.6 cm³/mol. The summed E-state index contributed by atoms with van der Waals surface area (Å²) in [5.41, 5.74) is 2.03. The SMILES string of the molecule is CC(C)OCCC(=O)N1CCN(c2nc3ccccc3[nH]2)CC1. The van der Waals surface area contributed by atoms with Crippen LogP contribution in [-0.4, -0.2) is 59.7 Å². The minimum atomic E-state index is 0.174. The van der Waals surface area contributed by atoms with Crippen molar-refractivity contribution < 1.29 is 9.53 Å². The molecule has 1 aromatic heterocycles. The van der Waals surface area contributed by atoms with Crippen LogP contribution in [0.25, 0.3) is 11.0 Å². The number of imidazole rings is 1. The number of para-hydroxylation sites is 2. The van der Waals surface area contributed by atoms with Crippen LogP contribution >= 0.6 is 0 Å². The van der Waals surface area contributed by atoms with Crippen molar-refractivity contribution in [3.05, 3.63) is 24.3 Å². The number of piperazine rings is 1. The summed E-state index contributed by atoms with van der Waals surface area (Å²) in [5.74, 6) is 1.07. The maximum atomic E-state index is 12.2. The summed E-state index contributed by atoms with van der Waals surface area (Å²) in [6.45, 7) is 7.54. The number of hydrogen-bond acceptors (Lipinski definition) is 4. The van der Waals surface area contributed by atoms with E-state index < -0.39 is 0 Å². The number of amides is 1. The Balaban J connectivity index is 1.52. The molecule has 0 saturated carbocycles. The molecule has 3 rings (SSSR count). The van der Waals surface area contributed by atoms with Crippen LogP contribution in [0.5, 0.6) is 0 Å². The monoisotopic (exact) mass is 316 g/mol. The van der Waals surface area contributed by atoms with Crippen molar-refractivity contribution in [1.82, 2.24) is 14.9 Å². The molecule has 0 spiro atoms. The molecule has 124 valence electrons. The molecule has 0 unspecified atom stereocenters. The van der Waals surface area contributed by atoms with E-state index in [1.165, 1.54) is 0 Å². The fourth-order valence-electron chi connectivity index (χ4n) is 2.80. The zero-order chi connectivity index (χ0) is 16.2. The van der Waals surface area contributed by atoms with Crippen LogP contribution in [0.3, 0.4) is 0 Å². The highest BCUT2D eigenvalue weighted by Crippen LogP contribution is 2.18. The number of benzene rings is 1. The van der Waals surface area contributed by atoms with Gasteiger partial charge in [-0.05, 0) is 26.0 Å². The highest BCUT2D eigenvalue weighted by atomic mass is 16.5. The lowest BCUT2D eigenvalue weighted by Gasteiger charge is -2.34. The van der Waals surface area contributed by atoms with E-state index in [4.69, 9.17) is 4.74 Å². The topological polar surface area (TPSA) is 61.5 Å². The van der Waals surface area contributed by atoms with E-state index in [0.717, 1.165) is 43.2 Å². The number of nitrogens with zero attached hydrogens (tertiary/aromatic N) is 3. The third-order valence-electron chi connectivity index (χ3n) is 4.08. The van der Waals surface area contributed by atoms with E-state index in [9.17, 15) is 4.79 Å². The van der Waals surface area contributed by atoms with E-state index in [1.54, 1.807) is 0 Å². The van der Waals surface area contributed by atoms with Crippen LogP contribution in [0.15, 0.2) is 24.3 Å². The lowest BCUT2D eigenvalue weighted by molar-refractivity contribution is -0.132. The third-order valence-corrected chi connectivity index (χ3v) is 4.08. The Hall–Kier alpha value is -2.08. The number of aromatic amines is 1. The number of rotatable bonds is 5. The average Bonchev–Trinajstić information content (AvgIpc) is 2.98. The molecule has 23 heavy (non-hydrogen) atoms. The van der Waals surface area contributed by atoms with Crippen LogP contribution in [-0.2, 0) is 9.53 Å². The highest BCUT2D eigenvalue weighted by molar-refractivity contribution is 5.78. The number of carbonyl (C=O) groups is 1. The molecule has 1 saturated heterocycles. The molecule has 2 aromatic rings. The van der Waals surface area contributed by atoms with Crippen LogP contribution in [0.4, 0.5) is 5.95 Å². The molecular formula is C17H24N4O2. The smallest absolute Gasteiger partial charge is 0.225 e. The summed E-state index contributed by atoms with van der Waals surface area (Å²) in [4.78, 5) is 24.3. The summed E-state index contributed by atoms with van der Waals surface area (Å²) in [6.07, 6.45) is 0.635. The van der Waals surface area contributed by atoms with Gasteiger partial charge < -0.3 is 19.5 Å². The number of fused-ring (bicyclic) bond motifs is 1. The molecule has 0 aliphatic carbocycles. The maximum Gasteiger partial charge on any atom is 0.225 e. The molecule has 0 radical (unpaired) electrons. The van der Waals surface area contributed by atoms with Crippen molar-refractivity contribution in [2.24, 2.45) is 0 Å². The first-order chi connectivity index (χ1) is 11.1. The fraction of sp³-hybridized carbons (Fsp3) is 0.529. The van der Waals surface area contributed by atoms with E-state index in [0.29, 0.717) is 13.0 Å². The Kier molecular flexibility index (Phi) is 4.81. The van der Waals surface area contributed by atoms with Crippen molar-refractivity contribution >= 4 is 22.9 Å². The summed E-state index contributed by atoms with van der Waals surface area (Å²) < 4.78 is 5.45. The van der Waals surface area contributed by atoms with Crippen LogP contribution in [0, 0.1) is 0 Å². The van der Waals surface area contributed by atoms with Crippen molar-refractivity contribution in [1.29, 1.82) is 0 Å². The number of nitrogens with one attached hydrogen (secondary N) is 1. The first kappa shape index (κ1) is 15.8. The molecule has 2 heterocycles. The number of ether oxygens (including phenoxy) is 1. The van der Waals surface area contributed by atoms with Crippen molar-refractivity contribution in [2.45, 2.75) is 26.4 Å². The van der Waals surface area contributed by atoms with Gasteiger partial charge in [-0.15, -0.1) is 0 Å². The molecule has 1 aliphatic heterocycles. The van der Waals surface area contributed by atoms with Crippen molar-refractivity contribution in [2.75, 3.05) is 37.7 Å². The van der Waals surface area contributed by atoms with Gasteiger partial charge in [-0.2, -0.15) is 0 Å². The molecule has 0 bridgehead atoms. The minimum absolute atomic E-state index is 0.174. The van der Waals surface area contributed by atoms with Crippen LogP contribution in [0.2, 0.25) is 0 Å².